The summed E-state index contributed by atoms with van der Waals surface area (Å²) in [5, 5.41) is 7.67. The summed E-state index contributed by atoms with van der Waals surface area (Å²) >= 11 is 0. The van der Waals surface area contributed by atoms with Gasteiger partial charge in [-0.15, -0.1) is 0 Å². The van der Waals surface area contributed by atoms with E-state index in [0.29, 0.717) is 0 Å². The van der Waals surface area contributed by atoms with Gasteiger partial charge in [-0.25, -0.2) is 0 Å². The van der Waals surface area contributed by atoms with E-state index in [2.05, 4.69) is 39.4 Å². The molecule has 0 atom stereocenters. The summed E-state index contributed by atoms with van der Waals surface area (Å²) < 4.78 is 0. The predicted octanol–water partition coefficient (Wildman–Crippen LogP) is 3.24. The van der Waals surface area contributed by atoms with Gasteiger partial charge in [0.25, 0.3) is 0 Å². The molecule has 1 aromatic carbocycles. The molecule has 2 heterocycles. The Bertz CT molecular complexity index is 715. The van der Waals surface area contributed by atoms with Crippen molar-refractivity contribution in [3.05, 3.63) is 59.8 Å². The second-order valence-electron chi connectivity index (χ2n) is 4.80. The van der Waals surface area contributed by atoms with E-state index < -0.39 is 0 Å². The number of hydrogen-bond donors (Lipinski definition) is 1. The molecule has 3 aromatic rings. The van der Waals surface area contributed by atoms with Crippen LogP contribution in [0.1, 0.15) is 11.1 Å². The molecular formula is C16H13N3. The fraction of sp³-hybridized carbons (Fsp3) is 0.125. The molecule has 0 aliphatic heterocycles. The Morgan fingerprint density at radius 2 is 1.84 bits per heavy atom. The van der Waals surface area contributed by atoms with Crippen LogP contribution in [0.25, 0.3) is 22.6 Å². The van der Waals surface area contributed by atoms with Gasteiger partial charge in [-0.1, -0.05) is 30.3 Å². The number of fused-ring (bicyclic) bond motifs is 3. The molecule has 0 saturated heterocycles. The number of H-pyrrole nitrogens is 1. The van der Waals surface area contributed by atoms with Gasteiger partial charge in [0.2, 0.25) is 0 Å². The number of rotatable bonds is 1. The van der Waals surface area contributed by atoms with E-state index in [4.69, 9.17) is 0 Å². The molecule has 92 valence electrons. The van der Waals surface area contributed by atoms with Crippen LogP contribution in [0.5, 0.6) is 0 Å². The smallest absolute Gasteiger partial charge is 0.0962 e. The van der Waals surface area contributed by atoms with E-state index in [1.807, 2.05) is 24.4 Å². The lowest BCUT2D eigenvalue weighted by molar-refractivity contribution is 0.942. The van der Waals surface area contributed by atoms with Gasteiger partial charge in [-0.2, -0.15) is 5.10 Å². The fourth-order valence-corrected chi connectivity index (χ4v) is 2.78. The topological polar surface area (TPSA) is 41.6 Å². The van der Waals surface area contributed by atoms with Gasteiger partial charge in [0, 0.05) is 17.3 Å². The highest BCUT2D eigenvalue weighted by molar-refractivity contribution is 5.76. The van der Waals surface area contributed by atoms with Crippen molar-refractivity contribution in [3.8, 4) is 22.6 Å². The van der Waals surface area contributed by atoms with Crippen molar-refractivity contribution < 1.29 is 0 Å². The van der Waals surface area contributed by atoms with Crippen molar-refractivity contribution in [2.75, 3.05) is 0 Å². The Kier molecular flexibility index (Phi) is 2.24. The van der Waals surface area contributed by atoms with Crippen LogP contribution in [0.4, 0.5) is 0 Å². The van der Waals surface area contributed by atoms with E-state index in [-0.39, 0.29) is 0 Å². The zero-order valence-electron chi connectivity index (χ0n) is 10.4. The lowest BCUT2D eigenvalue weighted by Gasteiger charge is -2.15. The molecule has 0 bridgehead atoms. The third-order valence-corrected chi connectivity index (χ3v) is 3.70. The first-order valence-corrected chi connectivity index (χ1v) is 6.50. The average molecular weight is 247 g/mol. The lowest BCUT2D eigenvalue weighted by atomic mass is 9.88. The van der Waals surface area contributed by atoms with Crippen LogP contribution in [0, 0.1) is 0 Å². The zero-order valence-corrected chi connectivity index (χ0v) is 10.4. The number of hydrogen-bond acceptors (Lipinski definition) is 2. The maximum atomic E-state index is 4.51. The number of nitrogens with zero attached hydrogens (tertiary/aromatic N) is 2. The van der Waals surface area contributed by atoms with E-state index in [1.165, 1.54) is 16.7 Å². The Hall–Kier alpha value is -2.42. The Labute approximate surface area is 111 Å². The summed E-state index contributed by atoms with van der Waals surface area (Å²) in [5.74, 6) is 0. The van der Waals surface area contributed by atoms with Crippen molar-refractivity contribution in [2.24, 2.45) is 0 Å². The van der Waals surface area contributed by atoms with E-state index in [1.54, 1.807) is 0 Å². The first kappa shape index (κ1) is 10.5. The summed E-state index contributed by atoms with van der Waals surface area (Å²) in [7, 11) is 0. The van der Waals surface area contributed by atoms with Crippen LogP contribution in [0.2, 0.25) is 0 Å². The van der Waals surface area contributed by atoms with Crippen LogP contribution in [-0.4, -0.2) is 15.2 Å². The third kappa shape index (κ3) is 1.58. The molecule has 0 radical (unpaired) electrons. The minimum absolute atomic E-state index is 0.968. The molecular weight excluding hydrogens is 234 g/mol. The van der Waals surface area contributed by atoms with Crippen molar-refractivity contribution >= 4 is 0 Å². The third-order valence-electron chi connectivity index (χ3n) is 3.70. The molecule has 1 N–H and O–H groups in total. The summed E-state index contributed by atoms with van der Waals surface area (Å²) in [6.07, 6.45) is 3.91. The van der Waals surface area contributed by atoms with Crippen molar-refractivity contribution in [3.63, 3.8) is 0 Å². The number of nitrogens with one attached hydrogen (secondary N) is 1. The molecule has 4 rings (SSSR count). The summed E-state index contributed by atoms with van der Waals surface area (Å²) in [6, 6.07) is 14.5. The minimum atomic E-state index is 0.968. The van der Waals surface area contributed by atoms with E-state index in [9.17, 15) is 0 Å². The molecule has 3 heteroatoms. The van der Waals surface area contributed by atoms with Gasteiger partial charge in [0.15, 0.2) is 0 Å². The number of aromatic amines is 1. The van der Waals surface area contributed by atoms with Crippen LogP contribution >= 0.6 is 0 Å². The highest BCUT2D eigenvalue weighted by Gasteiger charge is 2.22. The number of aromatic nitrogens is 3. The maximum Gasteiger partial charge on any atom is 0.0962 e. The number of aryl methyl sites for hydroxylation is 1. The van der Waals surface area contributed by atoms with E-state index >= 15 is 0 Å². The molecule has 1 aliphatic carbocycles. The highest BCUT2D eigenvalue weighted by Crippen LogP contribution is 2.36. The zero-order chi connectivity index (χ0) is 12.7. The SMILES string of the molecule is c1ccc(-c2[nH]nc3c2CCc2ccccc2-3)nc1. The summed E-state index contributed by atoms with van der Waals surface area (Å²) in [6.45, 7) is 0. The summed E-state index contributed by atoms with van der Waals surface area (Å²) in [4.78, 5) is 4.41. The Balaban J connectivity index is 1.91. The van der Waals surface area contributed by atoms with Gasteiger partial charge >= 0.3 is 0 Å². The Morgan fingerprint density at radius 3 is 2.74 bits per heavy atom. The largest absolute Gasteiger partial charge is 0.275 e. The molecule has 0 amide bonds. The second-order valence-corrected chi connectivity index (χ2v) is 4.80. The molecule has 0 saturated carbocycles. The predicted molar refractivity (Wildman–Crippen MR) is 74.7 cm³/mol. The van der Waals surface area contributed by atoms with Crippen LogP contribution in [0.15, 0.2) is 48.7 Å². The lowest BCUT2D eigenvalue weighted by Crippen LogP contribution is -2.03. The van der Waals surface area contributed by atoms with Gasteiger partial charge in [-0.05, 0) is 30.5 Å². The minimum Gasteiger partial charge on any atom is -0.275 e. The van der Waals surface area contributed by atoms with Gasteiger partial charge in [0.1, 0.15) is 0 Å². The fourth-order valence-electron chi connectivity index (χ4n) is 2.78. The van der Waals surface area contributed by atoms with Gasteiger partial charge in [0.05, 0.1) is 17.1 Å². The first-order chi connectivity index (χ1) is 9.43. The van der Waals surface area contributed by atoms with Crippen LogP contribution < -0.4 is 0 Å². The molecule has 1 aliphatic rings. The normalized spacial score (nSPS) is 12.8. The molecule has 3 nitrogen and oxygen atoms in total. The molecule has 19 heavy (non-hydrogen) atoms. The molecule has 0 unspecified atom stereocenters. The van der Waals surface area contributed by atoms with Crippen LogP contribution in [-0.2, 0) is 12.8 Å². The van der Waals surface area contributed by atoms with Crippen molar-refractivity contribution in [2.45, 2.75) is 12.8 Å². The van der Waals surface area contributed by atoms with Crippen LogP contribution in [0.3, 0.4) is 0 Å². The molecule has 0 spiro atoms. The van der Waals surface area contributed by atoms with E-state index in [0.717, 1.165) is 29.9 Å². The van der Waals surface area contributed by atoms with Gasteiger partial charge < -0.3 is 0 Å². The second kappa shape index (κ2) is 4.05. The maximum absolute atomic E-state index is 4.51. The number of benzene rings is 1. The molecule has 2 aromatic heterocycles. The number of pyridine rings is 1. The van der Waals surface area contributed by atoms with Gasteiger partial charge in [-0.3, -0.25) is 10.1 Å². The Morgan fingerprint density at radius 1 is 0.947 bits per heavy atom. The monoisotopic (exact) mass is 247 g/mol. The molecule has 0 fully saturated rings. The standard InChI is InChI=1S/C16H13N3/c1-2-6-12-11(5-1)8-9-13-15(12)18-19-16(13)14-7-3-4-10-17-14/h1-7,10H,8-9H2,(H,18,19). The summed E-state index contributed by atoms with van der Waals surface area (Å²) in [5.41, 5.74) is 7.04. The van der Waals surface area contributed by atoms with Crippen molar-refractivity contribution in [1.82, 2.24) is 15.2 Å². The average Bonchev–Trinajstić information content (AvgIpc) is 2.92. The first-order valence-electron chi connectivity index (χ1n) is 6.50. The highest BCUT2D eigenvalue weighted by atomic mass is 15.1. The quantitative estimate of drug-likeness (QED) is 0.717. The van der Waals surface area contributed by atoms with Crippen molar-refractivity contribution in [1.29, 1.82) is 0 Å².